The molecule has 1 atom stereocenters. The van der Waals surface area contributed by atoms with E-state index in [0.29, 0.717) is 12.5 Å². The Hall–Kier alpha value is -0.380. The van der Waals surface area contributed by atoms with Gasteiger partial charge >= 0.3 is 0 Å². The van der Waals surface area contributed by atoms with Gasteiger partial charge in [0.1, 0.15) is 0 Å². The molecule has 0 heterocycles. The molecule has 14 heavy (non-hydrogen) atoms. The van der Waals surface area contributed by atoms with Crippen molar-refractivity contribution in [3.05, 3.63) is 34.3 Å². The molecule has 0 bridgehead atoms. The normalized spacial score (nSPS) is 12.8. The first-order valence-electron chi connectivity index (χ1n) is 4.78. The molecule has 0 aliphatic carbocycles. The summed E-state index contributed by atoms with van der Waals surface area (Å²) in [5.74, 6) is 5.53. The molecule has 0 aliphatic heterocycles. The van der Waals surface area contributed by atoms with Crippen molar-refractivity contribution in [1.29, 1.82) is 0 Å². The minimum Gasteiger partial charge on any atom is -0.304 e. The van der Waals surface area contributed by atoms with Gasteiger partial charge < -0.3 is 4.84 Å². The first-order chi connectivity index (χ1) is 6.72. The van der Waals surface area contributed by atoms with Crippen LogP contribution in [0.25, 0.3) is 0 Å². The van der Waals surface area contributed by atoms with Gasteiger partial charge in [-0.2, -0.15) is 0 Å². The summed E-state index contributed by atoms with van der Waals surface area (Å²) in [6.45, 7) is 2.78. The Kier molecular flexibility index (Phi) is 5.15. The number of benzene rings is 1. The molecule has 0 fully saturated rings. The van der Waals surface area contributed by atoms with Crippen LogP contribution in [0.1, 0.15) is 18.9 Å². The fraction of sp³-hybridized carbons (Fsp3) is 0.455. The maximum absolute atomic E-state index is 5.02. The Morgan fingerprint density at radius 1 is 1.50 bits per heavy atom. The maximum atomic E-state index is 5.02. The first-order valence-corrected chi connectivity index (χ1v) is 5.58. The molecule has 2 N–H and O–H groups in total. The highest BCUT2D eigenvalue weighted by Crippen LogP contribution is 2.15. The molecule has 0 saturated heterocycles. The van der Waals surface area contributed by atoms with Crippen LogP contribution < -0.4 is 5.90 Å². The summed E-state index contributed by atoms with van der Waals surface area (Å²) in [5, 5.41) is 0. The minimum atomic E-state index is 0.513. The van der Waals surface area contributed by atoms with Gasteiger partial charge in [-0.25, -0.2) is 5.90 Å². The molecule has 1 rings (SSSR count). The minimum absolute atomic E-state index is 0.513. The van der Waals surface area contributed by atoms with Gasteiger partial charge in [-0.05, 0) is 36.5 Å². The smallest absolute Gasteiger partial charge is 0.0704 e. The molecule has 1 aromatic rings. The predicted octanol–water partition coefficient (Wildman–Crippen LogP) is 2.91. The van der Waals surface area contributed by atoms with E-state index in [2.05, 4.69) is 45.9 Å². The zero-order valence-electron chi connectivity index (χ0n) is 8.37. The Bertz CT molecular complexity index is 278. The lowest BCUT2D eigenvalue weighted by atomic mass is 10.0. The number of hydrogen-bond donors (Lipinski definition) is 1. The second-order valence-corrected chi connectivity index (χ2v) is 4.52. The molecule has 0 amide bonds. The first kappa shape index (κ1) is 11.7. The van der Waals surface area contributed by atoms with Crippen molar-refractivity contribution in [2.24, 2.45) is 11.8 Å². The number of aryl methyl sites for hydroxylation is 1. The van der Waals surface area contributed by atoms with Crippen molar-refractivity contribution in [2.75, 3.05) is 6.61 Å². The lowest BCUT2D eigenvalue weighted by Gasteiger charge is -2.09. The molecule has 1 unspecified atom stereocenters. The SMILES string of the molecule is CC(CCc1cccc(Br)c1)CON. The molecule has 0 radical (unpaired) electrons. The average molecular weight is 258 g/mol. The summed E-state index contributed by atoms with van der Waals surface area (Å²) >= 11 is 3.46. The van der Waals surface area contributed by atoms with Gasteiger partial charge in [0, 0.05) is 4.47 Å². The third kappa shape index (κ3) is 4.22. The standard InChI is InChI=1S/C11H16BrNO/c1-9(8-14-13)5-6-10-3-2-4-11(12)7-10/h2-4,7,9H,5-6,8,13H2,1H3. The zero-order chi connectivity index (χ0) is 10.4. The highest BCUT2D eigenvalue weighted by molar-refractivity contribution is 9.10. The summed E-state index contributed by atoms with van der Waals surface area (Å²) in [5.41, 5.74) is 1.35. The summed E-state index contributed by atoms with van der Waals surface area (Å²) in [6.07, 6.45) is 2.18. The van der Waals surface area contributed by atoms with Gasteiger partial charge in [0.2, 0.25) is 0 Å². The molecule has 0 saturated carbocycles. The van der Waals surface area contributed by atoms with Gasteiger partial charge in [-0.15, -0.1) is 0 Å². The molecule has 78 valence electrons. The second kappa shape index (κ2) is 6.17. The number of halogens is 1. The second-order valence-electron chi connectivity index (χ2n) is 3.61. The molecular formula is C11H16BrNO. The molecule has 3 heteroatoms. The van der Waals surface area contributed by atoms with Crippen LogP contribution in [-0.4, -0.2) is 6.61 Å². The van der Waals surface area contributed by atoms with Crippen LogP contribution >= 0.6 is 15.9 Å². The fourth-order valence-electron chi connectivity index (χ4n) is 1.35. The zero-order valence-corrected chi connectivity index (χ0v) is 9.96. The molecular weight excluding hydrogens is 242 g/mol. The monoisotopic (exact) mass is 257 g/mol. The van der Waals surface area contributed by atoms with Gasteiger partial charge in [0.05, 0.1) is 6.61 Å². The molecule has 0 spiro atoms. The molecule has 2 nitrogen and oxygen atoms in total. The summed E-state index contributed by atoms with van der Waals surface area (Å²) in [6, 6.07) is 8.39. The van der Waals surface area contributed by atoms with Crippen molar-refractivity contribution in [1.82, 2.24) is 0 Å². The van der Waals surface area contributed by atoms with Crippen LogP contribution in [0.3, 0.4) is 0 Å². The summed E-state index contributed by atoms with van der Waals surface area (Å²) in [7, 11) is 0. The number of hydrogen-bond acceptors (Lipinski definition) is 2. The van der Waals surface area contributed by atoms with Crippen molar-refractivity contribution in [2.45, 2.75) is 19.8 Å². The highest BCUT2D eigenvalue weighted by Gasteiger charge is 2.02. The van der Waals surface area contributed by atoms with E-state index in [0.717, 1.165) is 17.3 Å². The van der Waals surface area contributed by atoms with E-state index < -0.39 is 0 Å². The van der Waals surface area contributed by atoms with Gasteiger partial charge in [-0.1, -0.05) is 35.0 Å². The van der Waals surface area contributed by atoms with Crippen LogP contribution in [0.5, 0.6) is 0 Å². The van der Waals surface area contributed by atoms with Crippen LogP contribution in [0.2, 0.25) is 0 Å². The predicted molar refractivity (Wildman–Crippen MR) is 61.8 cm³/mol. The molecule has 0 aliphatic rings. The fourth-order valence-corrected chi connectivity index (χ4v) is 1.80. The lowest BCUT2D eigenvalue weighted by Crippen LogP contribution is -2.10. The quantitative estimate of drug-likeness (QED) is 0.824. The summed E-state index contributed by atoms with van der Waals surface area (Å²) < 4.78 is 1.14. The average Bonchev–Trinajstić information content (AvgIpc) is 2.15. The van der Waals surface area contributed by atoms with Crippen LogP contribution in [-0.2, 0) is 11.3 Å². The van der Waals surface area contributed by atoms with Crippen molar-refractivity contribution < 1.29 is 4.84 Å². The van der Waals surface area contributed by atoms with Gasteiger partial charge in [0.15, 0.2) is 0 Å². The largest absolute Gasteiger partial charge is 0.304 e. The number of rotatable bonds is 5. The summed E-state index contributed by atoms with van der Waals surface area (Å²) in [4.78, 5) is 4.61. The Labute approximate surface area is 93.5 Å². The van der Waals surface area contributed by atoms with E-state index in [9.17, 15) is 0 Å². The topological polar surface area (TPSA) is 35.2 Å². The number of nitrogens with two attached hydrogens (primary N) is 1. The van der Waals surface area contributed by atoms with Crippen molar-refractivity contribution >= 4 is 15.9 Å². The Morgan fingerprint density at radius 3 is 2.93 bits per heavy atom. The highest BCUT2D eigenvalue weighted by atomic mass is 79.9. The van der Waals surface area contributed by atoms with E-state index in [1.165, 1.54) is 5.56 Å². The molecule has 1 aromatic carbocycles. The van der Waals surface area contributed by atoms with E-state index in [4.69, 9.17) is 5.90 Å². The van der Waals surface area contributed by atoms with Gasteiger partial charge in [0.25, 0.3) is 0 Å². The van der Waals surface area contributed by atoms with E-state index >= 15 is 0 Å². The van der Waals surface area contributed by atoms with Crippen molar-refractivity contribution in [3.8, 4) is 0 Å². The lowest BCUT2D eigenvalue weighted by molar-refractivity contribution is 0.104. The Morgan fingerprint density at radius 2 is 2.29 bits per heavy atom. The van der Waals surface area contributed by atoms with E-state index in [1.54, 1.807) is 0 Å². The third-order valence-electron chi connectivity index (χ3n) is 2.20. The third-order valence-corrected chi connectivity index (χ3v) is 2.69. The maximum Gasteiger partial charge on any atom is 0.0704 e. The van der Waals surface area contributed by atoms with E-state index in [-0.39, 0.29) is 0 Å². The van der Waals surface area contributed by atoms with E-state index in [1.807, 2.05) is 6.07 Å². The van der Waals surface area contributed by atoms with Crippen LogP contribution in [0.4, 0.5) is 0 Å². The van der Waals surface area contributed by atoms with Crippen molar-refractivity contribution in [3.63, 3.8) is 0 Å². The molecule has 0 aromatic heterocycles. The Balaban J connectivity index is 2.37. The van der Waals surface area contributed by atoms with Crippen LogP contribution in [0, 0.1) is 5.92 Å². The van der Waals surface area contributed by atoms with Gasteiger partial charge in [-0.3, -0.25) is 0 Å². The van der Waals surface area contributed by atoms with Crippen LogP contribution in [0.15, 0.2) is 28.7 Å².